The number of benzene rings is 1. The molecule has 0 aliphatic carbocycles. The van der Waals surface area contributed by atoms with Gasteiger partial charge in [-0.3, -0.25) is 15.1 Å². The number of aryl methyl sites for hydroxylation is 2. The van der Waals surface area contributed by atoms with E-state index in [1.165, 1.54) is 16.7 Å². The largest absolute Gasteiger partial charge is 0.278 e. The van der Waals surface area contributed by atoms with Crippen molar-refractivity contribution in [3.8, 4) is 0 Å². The van der Waals surface area contributed by atoms with Gasteiger partial charge in [0.2, 0.25) is 5.91 Å². The summed E-state index contributed by atoms with van der Waals surface area (Å²) >= 11 is 1.28. The molecule has 0 radical (unpaired) electrons. The molecule has 1 N–H and O–H groups in total. The lowest BCUT2D eigenvalue weighted by Crippen LogP contribution is -2.29. The van der Waals surface area contributed by atoms with Crippen LogP contribution in [0.25, 0.3) is 0 Å². The number of carbonyl (C=O) groups is 1. The molecular weight excluding hydrogens is 239 g/mol. The second-order valence-electron chi connectivity index (χ2n) is 3.82. The fourth-order valence-corrected chi connectivity index (χ4v) is 2.73. The highest BCUT2D eigenvalue weighted by Crippen LogP contribution is 2.29. The van der Waals surface area contributed by atoms with Crippen molar-refractivity contribution in [1.82, 2.24) is 0 Å². The Balaban J connectivity index is 2.51. The first-order valence-electron chi connectivity index (χ1n) is 4.91. The summed E-state index contributed by atoms with van der Waals surface area (Å²) in [6.07, 6.45) is 0. The first kappa shape index (κ1) is 11.6. The average molecular weight is 252 g/mol. The van der Waals surface area contributed by atoms with E-state index in [1.54, 1.807) is 0 Å². The van der Waals surface area contributed by atoms with E-state index in [0.29, 0.717) is 10.9 Å². The van der Waals surface area contributed by atoms with Crippen LogP contribution >= 0.6 is 21.0 Å². The van der Waals surface area contributed by atoms with E-state index in [-0.39, 0.29) is 5.91 Å². The van der Waals surface area contributed by atoms with Gasteiger partial charge >= 0.3 is 0 Å². The zero-order chi connectivity index (χ0) is 11.9. The minimum atomic E-state index is -0.00555. The third-order valence-electron chi connectivity index (χ3n) is 2.61. The molecule has 1 aliphatic heterocycles. The van der Waals surface area contributed by atoms with Gasteiger partial charge in [-0.15, -0.1) is 9.24 Å². The van der Waals surface area contributed by atoms with Crippen molar-refractivity contribution in [2.75, 3.05) is 10.7 Å². The normalized spacial score (nSPS) is 16.1. The van der Waals surface area contributed by atoms with Gasteiger partial charge in [0.05, 0.1) is 11.4 Å². The van der Waals surface area contributed by atoms with Crippen LogP contribution in [0.5, 0.6) is 0 Å². The molecular formula is C11H13N2OPS. The Hall–Kier alpha value is -0.860. The Morgan fingerprint density at radius 2 is 2.06 bits per heavy atom. The Bertz CT molecular complexity index is 471. The summed E-state index contributed by atoms with van der Waals surface area (Å²) in [6.45, 7) is 3.97. The van der Waals surface area contributed by atoms with Crippen molar-refractivity contribution in [3.05, 3.63) is 23.3 Å². The van der Waals surface area contributed by atoms with Gasteiger partial charge < -0.3 is 0 Å². The molecule has 0 aromatic heterocycles. The molecule has 0 bridgehead atoms. The summed E-state index contributed by atoms with van der Waals surface area (Å²) in [5.74, 6) is 0.369. The van der Waals surface area contributed by atoms with Crippen LogP contribution in [0, 0.1) is 19.3 Å². The first-order valence-corrected chi connectivity index (χ1v) is 6.48. The number of amides is 1. The van der Waals surface area contributed by atoms with Crippen LogP contribution in [0.3, 0.4) is 0 Å². The van der Waals surface area contributed by atoms with E-state index in [4.69, 9.17) is 5.41 Å². The van der Waals surface area contributed by atoms with Crippen LogP contribution in [-0.2, 0) is 4.79 Å². The predicted octanol–water partition coefficient (Wildman–Crippen LogP) is 1.82. The van der Waals surface area contributed by atoms with Crippen molar-refractivity contribution in [1.29, 1.82) is 5.41 Å². The fraction of sp³-hybridized carbons (Fsp3) is 0.273. The van der Waals surface area contributed by atoms with Crippen LogP contribution < -0.4 is 10.2 Å². The van der Waals surface area contributed by atoms with Crippen LogP contribution in [0.15, 0.2) is 12.1 Å². The van der Waals surface area contributed by atoms with Crippen molar-refractivity contribution in [2.24, 2.45) is 0 Å². The SMILES string of the molecule is Cc1cc(N2C(=N)SCC2=O)c(C)cc1P. The van der Waals surface area contributed by atoms with E-state index in [2.05, 4.69) is 9.24 Å². The first-order chi connectivity index (χ1) is 7.50. The maximum atomic E-state index is 11.7. The zero-order valence-corrected chi connectivity index (χ0v) is 11.2. The topological polar surface area (TPSA) is 44.2 Å². The predicted molar refractivity (Wildman–Crippen MR) is 72.9 cm³/mol. The van der Waals surface area contributed by atoms with E-state index >= 15 is 0 Å². The molecule has 1 aromatic carbocycles. The molecule has 84 valence electrons. The van der Waals surface area contributed by atoms with Crippen molar-refractivity contribution >= 4 is 43.1 Å². The lowest BCUT2D eigenvalue weighted by molar-refractivity contribution is -0.115. The second-order valence-corrected chi connectivity index (χ2v) is 5.40. The number of nitrogens with zero attached hydrogens (tertiary/aromatic N) is 1. The van der Waals surface area contributed by atoms with Gasteiger partial charge in [0, 0.05) is 0 Å². The number of hydrogen-bond donors (Lipinski definition) is 1. The summed E-state index contributed by atoms with van der Waals surface area (Å²) in [6, 6.07) is 3.99. The molecule has 0 spiro atoms. The Morgan fingerprint density at radius 3 is 2.62 bits per heavy atom. The molecule has 2 rings (SSSR count). The smallest absolute Gasteiger partial charge is 0.243 e. The molecule has 3 nitrogen and oxygen atoms in total. The maximum absolute atomic E-state index is 11.7. The summed E-state index contributed by atoms with van der Waals surface area (Å²) in [4.78, 5) is 13.2. The van der Waals surface area contributed by atoms with Crippen LogP contribution in [0.1, 0.15) is 11.1 Å². The molecule has 1 unspecified atom stereocenters. The number of rotatable bonds is 1. The maximum Gasteiger partial charge on any atom is 0.243 e. The quantitative estimate of drug-likeness (QED) is 0.775. The standard InChI is InChI=1S/C11H13N2OPS/c1-6-4-9(15)7(2)3-8(6)13-10(14)5-16-11(13)12/h3-4,12H,5,15H2,1-2H3. The van der Waals surface area contributed by atoms with Crippen molar-refractivity contribution < 1.29 is 4.79 Å². The lowest BCUT2D eigenvalue weighted by atomic mass is 10.1. The molecule has 1 aromatic rings. The fourth-order valence-electron chi connectivity index (χ4n) is 1.68. The number of thioether (sulfide) groups is 1. The molecule has 5 heteroatoms. The minimum absolute atomic E-state index is 0.00555. The average Bonchev–Trinajstić information content (AvgIpc) is 2.53. The highest BCUT2D eigenvalue weighted by Gasteiger charge is 2.29. The highest BCUT2D eigenvalue weighted by molar-refractivity contribution is 8.15. The molecule has 0 saturated carbocycles. The Kier molecular flexibility index (Phi) is 3.04. The van der Waals surface area contributed by atoms with E-state index in [0.717, 1.165) is 22.1 Å². The molecule has 1 aliphatic rings. The van der Waals surface area contributed by atoms with Gasteiger partial charge in [0.15, 0.2) is 5.17 Å². The molecule has 1 atom stereocenters. The van der Waals surface area contributed by atoms with Crippen LogP contribution in [0.2, 0.25) is 0 Å². The number of anilines is 1. The summed E-state index contributed by atoms with van der Waals surface area (Å²) in [5.41, 5.74) is 2.98. The zero-order valence-electron chi connectivity index (χ0n) is 9.20. The number of carbonyl (C=O) groups excluding carboxylic acids is 1. The van der Waals surface area contributed by atoms with Crippen LogP contribution in [-0.4, -0.2) is 16.8 Å². The highest BCUT2D eigenvalue weighted by atomic mass is 32.2. The summed E-state index contributed by atoms with van der Waals surface area (Å²) in [7, 11) is 2.68. The molecule has 1 amide bonds. The molecule has 1 fully saturated rings. The number of hydrogen-bond acceptors (Lipinski definition) is 3. The number of amidine groups is 1. The van der Waals surface area contributed by atoms with Gasteiger partial charge in [-0.1, -0.05) is 11.8 Å². The summed E-state index contributed by atoms with van der Waals surface area (Å²) < 4.78 is 0. The molecule has 16 heavy (non-hydrogen) atoms. The second kappa shape index (κ2) is 4.19. The van der Waals surface area contributed by atoms with Gasteiger partial charge in [-0.05, 0) is 42.4 Å². The Labute approximate surface area is 101 Å². The minimum Gasteiger partial charge on any atom is -0.278 e. The van der Waals surface area contributed by atoms with Gasteiger partial charge in [0.25, 0.3) is 0 Å². The van der Waals surface area contributed by atoms with E-state index < -0.39 is 0 Å². The van der Waals surface area contributed by atoms with Crippen LogP contribution in [0.4, 0.5) is 5.69 Å². The van der Waals surface area contributed by atoms with E-state index in [9.17, 15) is 4.79 Å². The van der Waals surface area contributed by atoms with Crippen molar-refractivity contribution in [2.45, 2.75) is 13.8 Å². The Morgan fingerprint density at radius 1 is 1.38 bits per heavy atom. The monoisotopic (exact) mass is 252 g/mol. The van der Waals surface area contributed by atoms with Gasteiger partial charge in [-0.25, -0.2) is 0 Å². The third-order valence-corrected chi connectivity index (χ3v) is 4.08. The summed E-state index contributed by atoms with van der Waals surface area (Å²) in [5, 5.41) is 9.21. The lowest BCUT2D eigenvalue weighted by Gasteiger charge is -2.19. The van der Waals surface area contributed by atoms with E-state index in [1.807, 2.05) is 26.0 Å². The number of nitrogens with one attached hydrogen (secondary N) is 1. The van der Waals surface area contributed by atoms with Crippen molar-refractivity contribution in [3.63, 3.8) is 0 Å². The van der Waals surface area contributed by atoms with Gasteiger partial charge in [-0.2, -0.15) is 0 Å². The third kappa shape index (κ3) is 1.87. The van der Waals surface area contributed by atoms with Gasteiger partial charge in [0.1, 0.15) is 0 Å². The molecule has 1 saturated heterocycles. The molecule has 1 heterocycles.